The van der Waals surface area contributed by atoms with Crippen LogP contribution in [0.2, 0.25) is 0 Å². The van der Waals surface area contributed by atoms with Crippen molar-refractivity contribution in [3.05, 3.63) is 11.3 Å². The number of hydrogen-bond donors (Lipinski definition) is 1. The quantitative estimate of drug-likeness (QED) is 0.778. The molecule has 0 fully saturated rings. The Morgan fingerprint density at radius 1 is 1.24 bits per heavy atom. The van der Waals surface area contributed by atoms with Crippen molar-refractivity contribution in [3.63, 3.8) is 0 Å². The summed E-state index contributed by atoms with van der Waals surface area (Å²) in [5, 5.41) is 2.90. The summed E-state index contributed by atoms with van der Waals surface area (Å²) >= 11 is 0. The summed E-state index contributed by atoms with van der Waals surface area (Å²) in [6, 6.07) is 0.0345. The highest BCUT2D eigenvalue weighted by Gasteiger charge is 2.32. The third-order valence-electron chi connectivity index (χ3n) is 4.48. The minimum absolute atomic E-state index is 0.00249. The Morgan fingerprint density at radius 3 is 2.52 bits per heavy atom. The zero-order chi connectivity index (χ0) is 18.8. The monoisotopic (exact) mass is 351 g/mol. The predicted molar refractivity (Wildman–Crippen MR) is 93.9 cm³/mol. The van der Waals surface area contributed by atoms with Gasteiger partial charge in [-0.15, -0.1) is 0 Å². The first-order valence-corrected chi connectivity index (χ1v) is 8.76. The topological polar surface area (TPSA) is 79.0 Å². The second-order valence-corrected chi connectivity index (χ2v) is 7.94. The Labute approximate surface area is 149 Å². The number of amides is 2. The van der Waals surface area contributed by atoms with Gasteiger partial charge in [-0.3, -0.25) is 9.59 Å². The zero-order valence-corrected chi connectivity index (χ0v) is 15.8. The lowest BCUT2D eigenvalue weighted by Gasteiger charge is -2.32. The van der Waals surface area contributed by atoms with Crippen molar-refractivity contribution < 1.29 is 19.1 Å². The van der Waals surface area contributed by atoms with E-state index in [1.165, 1.54) is 4.90 Å². The summed E-state index contributed by atoms with van der Waals surface area (Å²) in [6.45, 7) is 6.05. The largest absolute Gasteiger partial charge is 0.444 e. The van der Waals surface area contributed by atoms with E-state index in [0.29, 0.717) is 43.5 Å². The summed E-state index contributed by atoms with van der Waals surface area (Å²) in [7, 11) is 3.83. The number of ether oxygens (including phenoxy) is 1. The van der Waals surface area contributed by atoms with E-state index in [0.717, 1.165) is 0 Å². The van der Waals surface area contributed by atoms with E-state index >= 15 is 0 Å². The number of carbonyl (C=O) groups is 3. The molecule has 2 amide bonds. The Kier molecular flexibility index (Phi) is 5.87. The fourth-order valence-corrected chi connectivity index (χ4v) is 3.06. The van der Waals surface area contributed by atoms with Crippen LogP contribution in [0.3, 0.4) is 0 Å². The molecule has 1 unspecified atom stereocenters. The smallest absolute Gasteiger partial charge is 0.410 e. The van der Waals surface area contributed by atoms with Crippen molar-refractivity contribution in [3.8, 4) is 0 Å². The van der Waals surface area contributed by atoms with Gasteiger partial charge in [0.05, 0.1) is 6.54 Å². The van der Waals surface area contributed by atoms with Crippen LogP contribution >= 0.6 is 0 Å². The molecule has 0 radical (unpaired) electrons. The molecule has 2 aliphatic heterocycles. The van der Waals surface area contributed by atoms with Gasteiger partial charge in [-0.25, -0.2) is 4.79 Å². The lowest BCUT2D eigenvalue weighted by molar-refractivity contribution is -0.121. The molecule has 0 aromatic carbocycles. The maximum atomic E-state index is 12.7. The van der Waals surface area contributed by atoms with E-state index in [9.17, 15) is 14.4 Å². The van der Waals surface area contributed by atoms with Crippen LogP contribution < -0.4 is 5.32 Å². The lowest BCUT2D eigenvalue weighted by atomic mass is 9.98. The summed E-state index contributed by atoms with van der Waals surface area (Å²) in [5.74, 6) is -0.0797. The van der Waals surface area contributed by atoms with Crippen LogP contribution in [0.4, 0.5) is 4.79 Å². The van der Waals surface area contributed by atoms with Crippen LogP contribution in [0.1, 0.15) is 46.5 Å². The highest BCUT2D eigenvalue weighted by Crippen LogP contribution is 2.23. The summed E-state index contributed by atoms with van der Waals surface area (Å²) in [6.07, 6.45) is 1.40. The normalized spacial score (nSPS) is 22.8. The molecule has 1 atom stereocenters. The number of rotatable bonds is 1. The van der Waals surface area contributed by atoms with Gasteiger partial charge in [-0.1, -0.05) is 0 Å². The van der Waals surface area contributed by atoms with Crippen LogP contribution in [-0.2, 0) is 14.3 Å². The molecule has 0 spiro atoms. The van der Waals surface area contributed by atoms with E-state index in [1.54, 1.807) is 0 Å². The highest BCUT2D eigenvalue weighted by atomic mass is 16.6. The molecule has 0 saturated carbocycles. The number of nitrogens with one attached hydrogen (secondary N) is 1. The Bertz CT molecular complexity index is 590. The molecule has 0 saturated heterocycles. The number of Topliss-reactive ketones (excluding diaryl/α,β-unsaturated/α-hetero) is 1. The molecule has 2 aliphatic rings. The molecule has 0 aromatic heterocycles. The molecule has 0 aromatic rings. The molecule has 140 valence electrons. The van der Waals surface area contributed by atoms with Crippen molar-refractivity contribution in [2.45, 2.75) is 58.1 Å². The third kappa shape index (κ3) is 5.29. The number of nitrogens with zero attached hydrogens (tertiary/aromatic N) is 2. The SMILES string of the molecule is CN(C)C1CCC(=O)C2=C(CCN(C(=O)OC(C)(C)C)C2)NC(=O)C1. The van der Waals surface area contributed by atoms with Crippen molar-refractivity contribution in [2.24, 2.45) is 0 Å². The van der Waals surface area contributed by atoms with Gasteiger partial charge in [0.25, 0.3) is 0 Å². The van der Waals surface area contributed by atoms with Crippen LogP contribution in [0.5, 0.6) is 0 Å². The standard InChI is InChI=1S/C18H29N3O4/c1-18(2,3)25-17(24)21-9-8-14-13(11-21)15(22)7-6-12(20(4)5)10-16(23)19-14/h12H,6-11H2,1-5H3,(H,19,23). The van der Waals surface area contributed by atoms with E-state index in [-0.39, 0.29) is 24.3 Å². The molecule has 7 heteroatoms. The van der Waals surface area contributed by atoms with Gasteiger partial charge >= 0.3 is 6.09 Å². The van der Waals surface area contributed by atoms with Gasteiger partial charge in [0, 0.05) is 43.1 Å². The third-order valence-corrected chi connectivity index (χ3v) is 4.48. The second-order valence-electron chi connectivity index (χ2n) is 7.94. The fourth-order valence-electron chi connectivity index (χ4n) is 3.06. The van der Waals surface area contributed by atoms with Crippen molar-refractivity contribution in [1.29, 1.82) is 0 Å². The number of carbonyl (C=O) groups excluding carboxylic acids is 3. The summed E-state index contributed by atoms with van der Waals surface area (Å²) in [5.41, 5.74) is 0.612. The average molecular weight is 351 g/mol. The highest BCUT2D eigenvalue weighted by molar-refractivity contribution is 5.98. The van der Waals surface area contributed by atoms with Crippen LogP contribution in [0.15, 0.2) is 11.3 Å². The van der Waals surface area contributed by atoms with Crippen molar-refractivity contribution in [2.75, 3.05) is 27.2 Å². The minimum Gasteiger partial charge on any atom is -0.444 e. The molecular formula is C18H29N3O4. The fraction of sp³-hybridized carbons (Fsp3) is 0.722. The number of hydrogen-bond acceptors (Lipinski definition) is 5. The van der Waals surface area contributed by atoms with E-state index in [2.05, 4.69) is 5.32 Å². The molecule has 0 bridgehead atoms. The summed E-state index contributed by atoms with van der Waals surface area (Å²) < 4.78 is 5.40. The molecular weight excluding hydrogens is 322 g/mol. The van der Waals surface area contributed by atoms with Gasteiger partial charge in [0.2, 0.25) is 5.91 Å². The minimum atomic E-state index is -0.582. The van der Waals surface area contributed by atoms with Gasteiger partial charge in [0.1, 0.15) is 5.60 Å². The lowest BCUT2D eigenvalue weighted by Crippen LogP contribution is -2.44. The van der Waals surface area contributed by atoms with E-state index in [4.69, 9.17) is 4.74 Å². The first kappa shape index (κ1) is 19.4. The van der Waals surface area contributed by atoms with Gasteiger partial charge in [-0.2, -0.15) is 0 Å². The second kappa shape index (κ2) is 7.56. The average Bonchev–Trinajstić information content (AvgIpc) is 2.54. The molecule has 7 nitrogen and oxygen atoms in total. The predicted octanol–water partition coefficient (Wildman–Crippen LogP) is 1.68. The van der Waals surface area contributed by atoms with Gasteiger partial charge in [0.15, 0.2) is 5.78 Å². The zero-order valence-electron chi connectivity index (χ0n) is 15.8. The van der Waals surface area contributed by atoms with Crippen LogP contribution in [0, 0.1) is 0 Å². The molecule has 2 heterocycles. The Morgan fingerprint density at radius 2 is 1.92 bits per heavy atom. The maximum absolute atomic E-state index is 12.7. The van der Waals surface area contributed by atoms with E-state index in [1.807, 2.05) is 39.8 Å². The summed E-state index contributed by atoms with van der Waals surface area (Å²) in [4.78, 5) is 40.8. The molecule has 25 heavy (non-hydrogen) atoms. The van der Waals surface area contributed by atoms with E-state index < -0.39 is 11.7 Å². The number of ketones is 1. The van der Waals surface area contributed by atoms with Crippen LogP contribution in [0.25, 0.3) is 0 Å². The molecule has 1 N–H and O–H groups in total. The Hall–Kier alpha value is -1.89. The maximum Gasteiger partial charge on any atom is 0.410 e. The van der Waals surface area contributed by atoms with Crippen molar-refractivity contribution >= 4 is 17.8 Å². The molecule has 2 rings (SSSR count). The van der Waals surface area contributed by atoms with Gasteiger partial charge < -0.3 is 19.9 Å². The first-order chi connectivity index (χ1) is 11.6. The first-order valence-electron chi connectivity index (χ1n) is 8.76. The molecule has 0 aliphatic carbocycles. The van der Waals surface area contributed by atoms with Crippen LogP contribution in [-0.4, -0.2) is 66.4 Å². The van der Waals surface area contributed by atoms with Gasteiger partial charge in [-0.05, 0) is 41.3 Å². The Balaban J connectivity index is 2.16. The van der Waals surface area contributed by atoms with Crippen molar-refractivity contribution in [1.82, 2.24) is 15.1 Å².